The number of nitrogens with zero attached hydrogens (tertiary/aromatic N) is 1. The minimum atomic E-state index is -0.576. The number of nitro groups is 1. The molecule has 0 unspecified atom stereocenters. The lowest BCUT2D eigenvalue weighted by molar-refractivity contribution is -0.384. The van der Waals surface area contributed by atoms with Gasteiger partial charge in [0.25, 0.3) is 11.6 Å². The van der Waals surface area contributed by atoms with Crippen molar-refractivity contribution in [2.75, 3.05) is 5.32 Å². The van der Waals surface area contributed by atoms with Gasteiger partial charge in [0, 0.05) is 17.3 Å². The van der Waals surface area contributed by atoms with Gasteiger partial charge in [-0.2, -0.15) is 0 Å². The monoisotopic (exact) mass is 434 g/mol. The lowest BCUT2D eigenvalue weighted by Crippen LogP contribution is -2.10. The summed E-state index contributed by atoms with van der Waals surface area (Å²) < 4.78 is 11.3. The average molecular weight is 435 g/mol. The van der Waals surface area contributed by atoms with Crippen LogP contribution < -0.4 is 10.1 Å². The van der Waals surface area contributed by atoms with Crippen LogP contribution in [0.1, 0.15) is 10.6 Å². The molecule has 0 atom stereocenters. The van der Waals surface area contributed by atoms with Crippen LogP contribution in [0.4, 0.5) is 11.4 Å². The summed E-state index contributed by atoms with van der Waals surface area (Å²) in [6.45, 7) is 0. The number of amides is 1. The normalized spacial score (nSPS) is 10.5. The number of carbonyl (C=O) groups is 1. The minimum absolute atomic E-state index is 0.0259. The van der Waals surface area contributed by atoms with E-state index in [4.69, 9.17) is 20.8 Å². The zero-order valence-corrected chi connectivity index (χ0v) is 16.7. The molecular formula is C23H15ClN2O5. The molecule has 7 nitrogen and oxygen atoms in total. The SMILES string of the molecule is O=C(Nc1ccc(Oc2ccccc2)cc1)c1ccc(-c2ccc(Cl)c([N+](=O)[O-])c2)o1. The van der Waals surface area contributed by atoms with Crippen molar-refractivity contribution in [2.45, 2.75) is 0 Å². The van der Waals surface area contributed by atoms with Gasteiger partial charge >= 0.3 is 0 Å². The van der Waals surface area contributed by atoms with Crippen LogP contribution in [-0.4, -0.2) is 10.8 Å². The van der Waals surface area contributed by atoms with Crippen molar-refractivity contribution in [3.05, 3.63) is 106 Å². The standard InChI is InChI=1S/C23H15ClN2O5/c24-19-11-6-15(14-20(19)26(28)29)21-12-13-22(31-21)23(27)25-16-7-9-18(10-8-16)30-17-4-2-1-3-5-17/h1-14H,(H,25,27). The lowest BCUT2D eigenvalue weighted by Gasteiger charge is -2.07. The molecule has 31 heavy (non-hydrogen) atoms. The summed E-state index contributed by atoms with van der Waals surface area (Å²) in [5, 5.41) is 13.8. The molecule has 0 saturated carbocycles. The quantitative estimate of drug-likeness (QED) is 0.274. The van der Waals surface area contributed by atoms with Crippen molar-refractivity contribution in [2.24, 2.45) is 0 Å². The highest BCUT2D eigenvalue weighted by Crippen LogP contribution is 2.31. The Morgan fingerprint density at radius 3 is 2.35 bits per heavy atom. The van der Waals surface area contributed by atoms with Crippen LogP contribution in [-0.2, 0) is 0 Å². The molecule has 0 aliphatic rings. The van der Waals surface area contributed by atoms with Gasteiger partial charge < -0.3 is 14.5 Å². The van der Waals surface area contributed by atoms with Crippen LogP contribution in [0.15, 0.2) is 89.3 Å². The third kappa shape index (κ3) is 4.73. The second-order valence-corrected chi connectivity index (χ2v) is 6.89. The summed E-state index contributed by atoms with van der Waals surface area (Å²) in [7, 11) is 0. The first-order valence-corrected chi connectivity index (χ1v) is 9.56. The predicted octanol–water partition coefficient (Wildman–Crippen LogP) is 6.55. The van der Waals surface area contributed by atoms with Crippen molar-refractivity contribution in [3.8, 4) is 22.8 Å². The Labute approximate surface area is 182 Å². The number of carbonyl (C=O) groups excluding carboxylic acids is 1. The molecule has 0 spiro atoms. The molecule has 1 amide bonds. The van der Waals surface area contributed by atoms with E-state index in [1.54, 1.807) is 36.4 Å². The van der Waals surface area contributed by atoms with Gasteiger partial charge in [-0.05, 0) is 60.7 Å². The minimum Gasteiger partial charge on any atom is -0.457 e. The Bertz CT molecular complexity index is 1240. The molecule has 154 valence electrons. The number of halogens is 1. The van der Waals surface area contributed by atoms with Gasteiger partial charge in [-0.1, -0.05) is 29.8 Å². The first-order chi connectivity index (χ1) is 15.0. The maximum Gasteiger partial charge on any atom is 0.291 e. The topological polar surface area (TPSA) is 94.6 Å². The summed E-state index contributed by atoms with van der Waals surface area (Å²) in [4.78, 5) is 23.0. The molecule has 1 aromatic heterocycles. The van der Waals surface area contributed by atoms with E-state index < -0.39 is 10.8 Å². The molecule has 4 aromatic rings. The Morgan fingerprint density at radius 2 is 1.65 bits per heavy atom. The molecule has 0 radical (unpaired) electrons. The van der Waals surface area contributed by atoms with Crippen LogP contribution in [0.2, 0.25) is 5.02 Å². The maximum atomic E-state index is 12.5. The predicted molar refractivity (Wildman–Crippen MR) is 117 cm³/mol. The highest BCUT2D eigenvalue weighted by atomic mass is 35.5. The number of nitro benzene ring substituents is 1. The highest BCUT2D eigenvalue weighted by Gasteiger charge is 2.17. The average Bonchev–Trinajstić information content (AvgIpc) is 3.26. The number of hydrogen-bond donors (Lipinski definition) is 1. The summed E-state index contributed by atoms with van der Waals surface area (Å²) >= 11 is 5.84. The van der Waals surface area contributed by atoms with Gasteiger partial charge in [-0.3, -0.25) is 14.9 Å². The largest absolute Gasteiger partial charge is 0.457 e. The number of para-hydroxylation sites is 1. The number of nitrogens with one attached hydrogen (secondary N) is 1. The van der Waals surface area contributed by atoms with Crippen molar-refractivity contribution >= 4 is 28.9 Å². The lowest BCUT2D eigenvalue weighted by atomic mass is 10.1. The van der Waals surface area contributed by atoms with Crippen molar-refractivity contribution < 1.29 is 18.9 Å². The van der Waals surface area contributed by atoms with Crippen molar-refractivity contribution in [3.63, 3.8) is 0 Å². The van der Waals surface area contributed by atoms with Crippen LogP contribution in [0.25, 0.3) is 11.3 Å². The number of benzene rings is 3. The van der Waals surface area contributed by atoms with E-state index in [9.17, 15) is 14.9 Å². The zero-order valence-electron chi connectivity index (χ0n) is 15.9. The smallest absolute Gasteiger partial charge is 0.291 e. The van der Waals surface area contributed by atoms with Gasteiger partial charge in [0.15, 0.2) is 5.76 Å². The third-order valence-electron chi connectivity index (χ3n) is 4.35. The number of ether oxygens (including phenoxy) is 1. The summed E-state index contributed by atoms with van der Waals surface area (Å²) in [6.07, 6.45) is 0. The molecule has 0 aliphatic heterocycles. The van der Waals surface area contributed by atoms with E-state index in [-0.39, 0.29) is 16.5 Å². The first-order valence-electron chi connectivity index (χ1n) is 9.18. The second-order valence-electron chi connectivity index (χ2n) is 6.48. The second kappa shape index (κ2) is 8.73. The van der Waals surface area contributed by atoms with Crippen molar-refractivity contribution in [1.29, 1.82) is 0 Å². The van der Waals surface area contributed by atoms with E-state index in [0.29, 0.717) is 28.5 Å². The summed E-state index contributed by atoms with van der Waals surface area (Å²) in [5.41, 5.74) is 0.766. The molecule has 8 heteroatoms. The van der Waals surface area contributed by atoms with E-state index in [2.05, 4.69) is 5.32 Å². The Morgan fingerprint density at radius 1 is 0.935 bits per heavy atom. The third-order valence-corrected chi connectivity index (χ3v) is 4.67. The van der Waals surface area contributed by atoms with Gasteiger partial charge in [-0.25, -0.2) is 0 Å². The molecule has 0 saturated heterocycles. The number of furan rings is 1. The van der Waals surface area contributed by atoms with Crippen LogP contribution in [0.5, 0.6) is 11.5 Å². The molecule has 1 heterocycles. The van der Waals surface area contributed by atoms with Crippen LogP contribution in [0.3, 0.4) is 0 Å². The molecule has 0 fully saturated rings. The fourth-order valence-corrected chi connectivity index (χ4v) is 3.03. The molecule has 0 aliphatic carbocycles. The van der Waals surface area contributed by atoms with Crippen molar-refractivity contribution in [1.82, 2.24) is 0 Å². The Hall–Kier alpha value is -4.10. The number of hydrogen-bond acceptors (Lipinski definition) is 5. The van der Waals surface area contributed by atoms with Crippen LogP contribution >= 0.6 is 11.6 Å². The van der Waals surface area contributed by atoms with E-state index in [1.807, 2.05) is 30.3 Å². The van der Waals surface area contributed by atoms with E-state index in [1.165, 1.54) is 18.2 Å². The molecule has 4 rings (SSSR count). The van der Waals surface area contributed by atoms with E-state index in [0.717, 1.165) is 0 Å². The van der Waals surface area contributed by atoms with Gasteiger partial charge in [0.2, 0.25) is 0 Å². The summed E-state index contributed by atoms with van der Waals surface area (Å²) in [6, 6.07) is 23.6. The first kappa shape index (κ1) is 20.2. The Kier molecular flexibility index (Phi) is 5.68. The fourth-order valence-electron chi connectivity index (χ4n) is 2.84. The van der Waals surface area contributed by atoms with E-state index >= 15 is 0 Å². The summed E-state index contributed by atoms with van der Waals surface area (Å²) in [5.74, 6) is 1.28. The van der Waals surface area contributed by atoms with Gasteiger partial charge in [0.1, 0.15) is 22.3 Å². The van der Waals surface area contributed by atoms with Gasteiger partial charge in [-0.15, -0.1) is 0 Å². The Balaban J connectivity index is 1.44. The zero-order chi connectivity index (χ0) is 21.8. The maximum absolute atomic E-state index is 12.5. The molecule has 1 N–H and O–H groups in total. The van der Waals surface area contributed by atoms with Crippen LogP contribution in [0, 0.1) is 10.1 Å². The molecular weight excluding hydrogens is 420 g/mol. The molecule has 3 aromatic carbocycles. The molecule has 0 bridgehead atoms. The fraction of sp³-hybridized carbons (Fsp3) is 0. The van der Waals surface area contributed by atoms with Gasteiger partial charge in [0.05, 0.1) is 4.92 Å². The number of anilines is 1. The highest BCUT2D eigenvalue weighted by molar-refractivity contribution is 6.32. The number of rotatable bonds is 6.